The number of carbonyl (C=O) groups excluding carboxylic acids is 1. The van der Waals surface area contributed by atoms with Crippen LogP contribution in [0, 0.1) is 0 Å². The molecule has 9 heteroatoms. The third-order valence-electron chi connectivity index (χ3n) is 4.78. The lowest BCUT2D eigenvalue weighted by Gasteiger charge is -2.10. The van der Waals surface area contributed by atoms with Crippen molar-refractivity contribution in [3.8, 4) is 28.5 Å². The quantitative estimate of drug-likeness (QED) is 0.344. The number of benzene rings is 3. The Balaban J connectivity index is 1.62. The molecule has 0 aliphatic carbocycles. The molecular weight excluding hydrogens is 457 g/mol. The minimum absolute atomic E-state index is 0.0383. The summed E-state index contributed by atoms with van der Waals surface area (Å²) in [7, 11) is 0. The van der Waals surface area contributed by atoms with Gasteiger partial charge in [-0.15, -0.1) is 0 Å². The first-order valence-corrected chi connectivity index (χ1v) is 10.1. The fraction of sp³-hybridized carbons (Fsp3) is 0.0833. The van der Waals surface area contributed by atoms with E-state index in [0.717, 1.165) is 12.1 Å². The first kappa shape index (κ1) is 22.4. The molecule has 0 unspecified atom stereocenters. The highest BCUT2D eigenvalue weighted by atomic mass is 35.5. The van der Waals surface area contributed by atoms with E-state index in [4.69, 9.17) is 16.0 Å². The van der Waals surface area contributed by atoms with Crippen molar-refractivity contribution in [3.63, 3.8) is 0 Å². The summed E-state index contributed by atoms with van der Waals surface area (Å²) in [6, 6.07) is 18.3. The number of hydrogen-bond donors (Lipinski definition) is 2. The van der Waals surface area contributed by atoms with E-state index in [1.54, 1.807) is 36.4 Å². The number of rotatable bonds is 5. The molecule has 168 valence electrons. The number of oxazole rings is 1. The number of nitrogens with zero attached hydrogens (tertiary/aromatic N) is 1. The summed E-state index contributed by atoms with van der Waals surface area (Å²) in [5, 5.41) is 13.1. The highest BCUT2D eigenvalue weighted by molar-refractivity contribution is 6.30. The first-order valence-electron chi connectivity index (χ1n) is 9.72. The van der Waals surface area contributed by atoms with Crippen molar-refractivity contribution < 1.29 is 27.5 Å². The van der Waals surface area contributed by atoms with Gasteiger partial charge in [0.25, 0.3) is 0 Å². The minimum atomic E-state index is -4.60. The molecule has 0 saturated carbocycles. The van der Waals surface area contributed by atoms with Gasteiger partial charge < -0.3 is 9.52 Å². The average Bonchev–Trinajstić information content (AvgIpc) is 3.19. The Hall–Kier alpha value is -3.78. The summed E-state index contributed by atoms with van der Waals surface area (Å²) in [6.45, 7) is 0. The molecule has 0 aliphatic rings. The molecule has 0 radical (unpaired) electrons. The molecule has 1 heterocycles. The van der Waals surface area contributed by atoms with E-state index >= 15 is 0 Å². The van der Waals surface area contributed by atoms with Gasteiger partial charge in [0.2, 0.25) is 17.7 Å². The molecule has 2 N–H and O–H groups in total. The molecule has 1 amide bonds. The molecule has 0 bridgehead atoms. The molecule has 5 nitrogen and oxygen atoms in total. The van der Waals surface area contributed by atoms with Crippen molar-refractivity contribution in [1.29, 1.82) is 0 Å². The number of aromatic nitrogens is 1. The zero-order valence-electron chi connectivity index (χ0n) is 16.9. The molecule has 33 heavy (non-hydrogen) atoms. The van der Waals surface area contributed by atoms with E-state index in [0.29, 0.717) is 27.9 Å². The van der Waals surface area contributed by atoms with Gasteiger partial charge in [-0.25, -0.2) is 4.98 Å². The highest BCUT2D eigenvalue weighted by Crippen LogP contribution is 2.35. The van der Waals surface area contributed by atoms with Gasteiger partial charge in [-0.1, -0.05) is 48.0 Å². The monoisotopic (exact) mass is 472 g/mol. The number of aromatic hydroxyl groups is 1. The van der Waals surface area contributed by atoms with Crippen LogP contribution in [-0.4, -0.2) is 16.0 Å². The zero-order chi connectivity index (χ0) is 23.6. The van der Waals surface area contributed by atoms with E-state index in [9.17, 15) is 23.1 Å². The van der Waals surface area contributed by atoms with Gasteiger partial charge in [-0.05, 0) is 36.4 Å². The largest absolute Gasteiger partial charge is 0.508 e. The van der Waals surface area contributed by atoms with Crippen LogP contribution >= 0.6 is 11.6 Å². The molecular formula is C24H16ClF3N2O3. The van der Waals surface area contributed by atoms with Gasteiger partial charge in [-0.3, -0.25) is 10.1 Å². The van der Waals surface area contributed by atoms with Crippen LogP contribution in [0.2, 0.25) is 5.02 Å². The Kier molecular flexibility index (Phi) is 6.11. The summed E-state index contributed by atoms with van der Waals surface area (Å²) in [5.74, 6) is -0.891. The summed E-state index contributed by atoms with van der Waals surface area (Å²) in [4.78, 5) is 17.1. The molecule has 4 aromatic rings. The zero-order valence-corrected chi connectivity index (χ0v) is 17.6. The Morgan fingerprint density at radius 2 is 1.70 bits per heavy atom. The van der Waals surface area contributed by atoms with Gasteiger partial charge in [0.15, 0.2) is 0 Å². The third kappa shape index (κ3) is 5.18. The maximum atomic E-state index is 12.8. The maximum Gasteiger partial charge on any atom is 0.416 e. The summed E-state index contributed by atoms with van der Waals surface area (Å²) in [5.41, 5.74) is 0.718. The summed E-state index contributed by atoms with van der Waals surface area (Å²) in [6.07, 6.45) is -4.97. The standard InChI is InChI=1S/C24H16ClF3N2O3/c25-18-10-7-14(8-11-18)21-23(33-22(30-21)15-4-2-1-3-5-15)29-20(32)12-16-6-9-17(13-19(16)31)24(26,27)28/h1-11,13,31H,12H2,(H,29,32). The molecule has 0 spiro atoms. The van der Waals surface area contributed by atoms with Crippen LogP contribution in [0.5, 0.6) is 5.75 Å². The van der Waals surface area contributed by atoms with Crippen LogP contribution in [0.1, 0.15) is 11.1 Å². The van der Waals surface area contributed by atoms with E-state index in [1.807, 2.05) is 18.2 Å². The van der Waals surface area contributed by atoms with Crippen molar-refractivity contribution in [1.82, 2.24) is 4.98 Å². The number of amides is 1. The van der Waals surface area contributed by atoms with Crippen molar-refractivity contribution in [2.24, 2.45) is 0 Å². The Bertz CT molecular complexity index is 1290. The fourth-order valence-corrected chi connectivity index (χ4v) is 3.27. The Labute approximate surface area is 191 Å². The van der Waals surface area contributed by atoms with Crippen LogP contribution in [0.4, 0.5) is 19.1 Å². The smallest absolute Gasteiger partial charge is 0.416 e. The van der Waals surface area contributed by atoms with Gasteiger partial charge in [-0.2, -0.15) is 13.2 Å². The van der Waals surface area contributed by atoms with Gasteiger partial charge in [0.05, 0.1) is 12.0 Å². The second-order valence-corrected chi connectivity index (χ2v) is 7.57. The predicted molar refractivity (Wildman–Crippen MR) is 118 cm³/mol. The van der Waals surface area contributed by atoms with Gasteiger partial charge in [0, 0.05) is 21.7 Å². The van der Waals surface area contributed by atoms with Crippen molar-refractivity contribution in [2.75, 3.05) is 5.32 Å². The van der Waals surface area contributed by atoms with Crippen LogP contribution in [0.15, 0.2) is 77.2 Å². The minimum Gasteiger partial charge on any atom is -0.508 e. The molecule has 0 aliphatic heterocycles. The van der Waals surface area contributed by atoms with Crippen molar-refractivity contribution in [3.05, 3.63) is 88.9 Å². The molecule has 0 fully saturated rings. The second kappa shape index (κ2) is 8.99. The van der Waals surface area contributed by atoms with Gasteiger partial charge in [0.1, 0.15) is 11.4 Å². The topological polar surface area (TPSA) is 75.4 Å². The Morgan fingerprint density at radius 1 is 1.00 bits per heavy atom. The van der Waals surface area contributed by atoms with E-state index in [-0.39, 0.29) is 23.8 Å². The lowest BCUT2D eigenvalue weighted by molar-refractivity contribution is -0.137. The number of phenols is 1. The van der Waals surface area contributed by atoms with Crippen molar-refractivity contribution >= 4 is 23.4 Å². The first-order chi connectivity index (χ1) is 15.7. The summed E-state index contributed by atoms with van der Waals surface area (Å²) >= 11 is 5.96. The van der Waals surface area contributed by atoms with E-state index < -0.39 is 23.4 Å². The number of halogens is 4. The number of nitrogens with one attached hydrogen (secondary N) is 1. The normalized spacial score (nSPS) is 11.4. The number of carbonyl (C=O) groups is 1. The number of anilines is 1. The van der Waals surface area contributed by atoms with E-state index in [2.05, 4.69) is 10.3 Å². The van der Waals surface area contributed by atoms with Crippen LogP contribution in [-0.2, 0) is 17.4 Å². The van der Waals surface area contributed by atoms with Crippen LogP contribution < -0.4 is 5.32 Å². The molecule has 3 aromatic carbocycles. The van der Waals surface area contributed by atoms with Gasteiger partial charge >= 0.3 is 6.18 Å². The highest BCUT2D eigenvalue weighted by Gasteiger charge is 2.31. The summed E-state index contributed by atoms with van der Waals surface area (Å²) < 4.78 is 44.2. The second-order valence-electron chi connectivity index (χ2n) is 7.14. The maximum absolute atomic E-state index is 12.8. The number of alkyl halides is 3. The SMILES string of the molecule is O=C(Cc1ccc(C(F)(F)F)cc1O)Nc1oc(-c2ccccc2)nc1-c1ccc(Cl)cc1. The predicted octanol–water partition coefficient (Wildman–Crippen LogP) is 6.57. The lowest BCUT2D eigenvalue weighted by Crippen LogP contribution is -2.15. The lowest BCUT2D eigenvalue weighted by atomic mass is 10.1. The van der Waals surface area contributed by atoms with Crippen molar-refractivity contribution in [2.45, 2.75) is 12.6 Å². The molecule has 0 saturated heterocycles. The molecule has 0 atom stereocenters. The average molecular weight is 473 g/mol. The molecule has 4 rings (SSSR count). The number of hydrogen-bond acceptors (Lipinski definition) is 4. The van der Waals surface area contributed by atoms with Crippen LogP contribution in [0.3, 0.4) is 0 Å². The van der Waals surface area contributed by atoms with E-state index in [1.165, 1.54) is 0 Å². The Morgan fingerprint density at radius 3 is 2.33 bits per heavy atom. The fourth-order valence-electron chi connectivity index (χ4n) is 3.15. The number of phenolic OH excluding ortho intramolecular Hbond substituents is 1. The van der Waals surface area contributed by atoms with Crippen LogP contribution in [0.25, 0.3) is 22.7 Å². The third-order valence-corrected chi connectivity index (χ3v) is 5.03. The molecule has 1 aromatic heterocycles.